The lowest BCUT2D eigenvalue weighted by atomic mass is 10.00. The van der Waals surface area contributed by atoms with Crippen molar-refractivity contribution >= 4 is 11.9 Å². The lowest BCUT2D eigenvalue weighted by molar-refractivity contribution is -0.124. The van der Waals surface area contributed by atoms with Gasteiger partial charge in [0.05, 0.1) is 5.56 Å². The first kappa shape index (κ1) is 17.2. The highest BCUT2D eigenvalue weighted by Crippen LogP contribution is 2.32. The molecule has 1 saturated carbocycles. The molecule has 0 aromatic heterocycles. The first-order chi connectivity index (χ1) is 12.1. The zero-order valence-corrected chi connectivity index (χ0v) is 14.4. The third-order valence-corrected chi connectivity index (χ3v) is 4.53. The molecule has 1 N–H and O–H groups in total. The second-order valence-corrected chi connectivity index (χ2v) is 6.59. The van der Waals surface area contributed by atoms with E-state index in [1.54, 1.807) is 12.1 Å². The first-order valence-electron chi connectivity index (χ1n) is 8.72. The van der Waals surface area contributed by atoms with Gasteiger partial charge in [-0.3, -0.25) is 4.79 Å². The highest BCUT2D eigenvalue weighted by atomic mass is 16.5. The van der Waals surface area contributed by atoms with Gasteiger partial charge in [0.2, 0.25) is 0 Å². The van der Waals surface area contributed by atoms with Gasteiger partial charge in [-0.1, -0.05) is 48.5 Å². The molecule has 0 bridgehead atoms. The van der Waals surface area contributed by atoms with Crippen molar-refractivity contribution in [1.82, 2.24) is 5.32 Å². The van der Waals surface area contributed by atoms with Gasteiger partial charge in [0.15, 0.2) is 6.61 Å². The topological polar surface area (TPSA) is 55.4 Å². The summed E-state index contributed by atoms with van der Waals surface area (Å²) in [6, 6.07) is 17.5. The largest absolute Gasteiger partial charge is 0.452 e. The molecular weight excluding hydrogens is 314 g/mol. The van der Waals surface area contributed by atoms with E-state index in [4.69, 9.17) is 4.74 Å². The first-order valence-corrected chi connectivity index (χ1v) is 8.72. The monoisotopic (exact) mass is 337 g/mol. The highest BCUT2D eigenvalue weighted by molar-refractivity contribution is 5.92. The van der Waals surface area contributed by atoms with Crippen molar-refractivity contribution in [3.8, 4) is 0 Å². The van der Waals surface area contributed by atoms with Crippen LogP contribution in [0.15, 0.2) is 54.6 Å². The van der Waals surface area contributed by atoms with Gasteiger partial charge in [0.25, 0.3) is 5.91 Å². The average Bonchev–Trinajstić information content (AvgIpc) is 3.46. The Bertz CT molecular complexity index is 738. The molecule has 2 aromatic carbocycles. The number of benzene rings is 2. The molecule has 2 aromatic rings. The maximum Gasteiger partial charge on any atom is 0.338 e. The van der Waals surface area contributed by atoms with Crippen LogP contribution in [-0.4, -0.2) is 24.5 Å². The van der Waals surface area contributed by atoms with Gasteiger partial charge in [-0.15, -0.1) is 0 Å². The minimum atomic E-state index is -0.458. The highest BCUT2D eigenvalue weighted by Gasteiger charge is 2.29. The summed E-state index contributed by atoms with van der Waals surface area (Å²) < 4.78 is 5.22. The molecule has 1 amide bonds. The van der Waals surface area contributed by atoms with E-state index in [2.05, 4.69) is 5.32 Å². The Morgan fingerprint density at radius 1 is 1.08 bits per heavy atom. The maximum absolute atomic E-state index is 12.4. The van der Waals surface area contributed by atoms with Crippen molar-refractivity contribution in [2.45, 2.75) is 32.2 Å². The zero-order valence-electron chi connectivity index (χ0n) is 14.4. The fourth-order valence-corrected chi connectivity index (χ4v) is 2.91. The molecule has 1 aliphatic rings. The van der Waals surface area contributed by atoms with Crippen LogP contribution in [0.4, 0.5) is 0 Å². The SMILES string of the molecule is C[C@H](NC(=O)COC(=O)c1ccccc1Cc1ccccc1)C1CC1. The van der Waals surface area contributed by atoms with Gasteiger partial charge >= 0.3 is 5.97 Å². The Morgan fingerprint density at radius 3 is 2.48 bits per heavy atom. The van der Waals surface area contributed by atoms with E-state index in [1.807, 2.05) is 49.4 Å². The summed E-state index contributed by atoms with van der Waals surface area (Å²) in [4.78, 5) is 24.3. The van der Waals surface area contributed by atoms with Crippen molar-refractivity contribution in [3.05, 3.63) is 71.3 Å². The standard InChI is InChI=1S/C21H23NO3/c1-15(17-11-12-17)22-20(23)14-25-21(24)19-10-6-5-9-18(19)13-16-7-3-2-4-8-16/h2-10,15,17H,11-14H2,1H3,(H,22,23)/t15-/m0/s1. The predicted octanol–water partition coefficient (Wildman–Crippen LogP) is 3.35. The van der Waals surface area contributed by atoms with Crippen molar-refractivity contribution < 1.29 is 14.3 Å². The number of hydrogen-bond donors (Lipinski definition) is 1. The molecule has 4 heteroatoms. The molecule has 0 radical (unpaired) electrons. The van der Waals surface area contributed by atoms with Crippen molar-refractivity contribution in [3.63, 3.8) is 0 Å². The van der Waals surface area contributed by atoms with Crippen LogP contribution in [0.1, 0.15) is 41.3 Å². The summed E-state index contributed by atoms with van der Waals surface area (Å²) in [5.41, 5.74) is 2.53. The van der Waals surface area contributed by atoms with Gasteiger partial charge < -0.3 is 10.1 Å². The maximum atomic E-state index is 12.4. The fraction of sp³-hybridized carbons (Fsp3) is 0.333. The Balaban J connectivity index is 1.59. The van der Waals surface area contributed by atoms with Crippen LogP contribution >= 0.6 is 0 Å². The smallest absolute Gasteiger partial charge is 0.338 e. The van der Waals surface area contributed by atoms with Gasteiger partial charge in [-0.05, 0) is 49.3 Å². The van der Waals surface area contributed by atoms with Crippen LogP contribution in [-0.2, 0) is 16.0 Å². The number of rotatable bonds is 7. The second-order valence-electron chi connectivity index (χ2n) is 6.59. The number of nitrogens with one attached hydrogen (secondary N) is 1. The molecule has 1 aliphatic carbocycles. The zero-order chi connectivity index (χ0) is 17.6. The Labute approximate surface area is 148 Å². The van der Waals surface area contributed by atoms with E-state index in [-0.39, 0.29) is 18.6 Å². The Hall–Kier alpha value is -2.62. The predicted molar refractivity (Wildman–Crippen MR) is 96.3 cm³/mol. The number of ether oxygens (including phenoxy) is 1. The van der Waals surface area contributed by atoms with Crippen LogP contribution < -0.4 is 5.32 Å². The average molecular weight is 337 g/mol. The van der Waals surface area contributed by atoms with Crippen LogP contribution in [0.5, 0.6) is 0 Å². The third kappa shape index (κ3) is 4.92. The number of carbonyl (C=O) groups excluding carboxylic acids is 2. The summed E-state index contributed by atoms with van der Waals surface area (Å²) >= 11 is 0. The molecule has 0 saturated heterocycles. The van der Waals surface area contributed by atoms with Crippen LogP contribution in [0.3, 0.4) is 0 Å². The quantitative estimate of drug-likeness (QED) is 0.788. The van der Waals surface area contributed by atoms with Gasteiger partial charge in [-0.2, -0.15) is 0 Å². The summed E-state index contributed by atoms with van der Waals surface area (Å²) in [5, 5.41) is 2.89. The molecule has 130 valence electrons. The Kier molecular flexibility index (Phi) is 5.49. The molecule has 0 aliphatic heterocycles. The fourth-order valence-electron chi connectivity index (χ4n) is 2.91. The lowest BCUT2D eigenvalue weighted by Gasteiger charge is -2.13. The summed E-state index contributed by atoms with van der Waals surface area (Å²) in [5.74, 6) is -0.125. The number of hydrogen-bond acceptors (Lipinski definition) is 3. The van der Waals surface area contributed by atoms with E-state index in [0.29, 0.717) is 17.9 Å². The Morgan fingerprint density at radius 2 is 1.76 bits per heavy atom. The van der Waals surface area contributed by atoms with Crippen LogP contribution in [0, 0.1) is 5.92 Å². The molecule has 3 rings (SSSR count). The molecule has 25 heavy (non-hydrogen) atoms. The summed E-state index contributed by atoms with van der Waals surface area (Å²) in [6.45, 7) is 1.75. The van der Waals surface area contributed by atoms with Crippen molar-refractivity contribution in [2.24, 2.45) is 5.92 Å². The van der Waals surface area contributed by atoms with Crippen molar-refractivity contribution in [1.29, 1.82) is 0 Å². The molecule has 4 nitrogen and oxygen atoms in total. The van der Waals surface area contributed by atoms with Gasteiger partial charge in [0.1, 0.15) is 0 Å². The van der Waals surface area contributed by atoms with Crippen LogP contribution in [0.25, 0.3) is 0 Å². The van der Waals surface area contributed by atoms with E-state index in [9.17, 15) is 9.59 Å². The van der Waals surface area contributed by atoms with E-state index in [1.165, 1.54) is 0 Å². The lowest BCUT2D eigenvalue weighted by Crippen LogP contribution is -2.37. The second kappa shape index (κ2) is 7.97. The molecule has 0 unspecified atom stereocenters. The molecule has 1 fully saturated rings. The normalized spacial score (nSPS) is 14.6. The van der Waals surface area contributed by atoms with Crippen molar-refractivity contribution in [2.75, 3.05) is 6.61 Å². The number of esters is 1. The minimum Gasteiger partial charge on any atom is -0.452 e. The van der Waals surface area contributed by atoms with Gasteiger partial charge in [0, 0.05) is 6.04 Å². The summed E-state index contributed by atoms with van der Waals surface area (Å²) in [7, 11) is 0. The molecule has 1 atom stereocenters. The van der Waals surface area contributed by atoms with E-state index >= 15 is 0 Å². The molecule has 0 heterocycles. The van der Waals surface area contributed by atoms with Crippen LogP contribution in [0.2, 0.25) is 0 Å². The van der Waals surface area contributed by atoms with E-state index in [0.717, 1.165) is 24.0 Å². The van der Waals surface area contributed by atoms with E-state index < -0.39 is 5.97 Å². The molecular formula is C21H23NO3. The number of amides is 1. The third-order valence-electron chi connectivity index (χ3n) is 4.53. The minimum absolute atomic E-state index is 0.150. The van der Waals surface area contributed by atoms with Gasteiger partial charge in [-0.25, -0.2) is 4.79 Å². The molecule has 0 spiro atoms. The summed E-state index contributed by atoms with van der Waals surface area (Å²) in [6.07, 6.45) is 2.97. The number of carbonyl (C=O) groups is 2.